The molecule has 0 unspecified atom stereocenters. The minimum atomic E-state index is -1.06. The number of benzene rings is 3. The molecule has 0 amide bonds. The molecule has 3 heteroatoms. The first-order valence-electron chi connectivity index (χ1n) is 10.3. The van der Waals surface area contributed by atoms with Crippen molar-refractivity contribution in [2.24, 2.45) is 0 Å². The molecule has 3 aromatic carbocycles. The Hall–Kier alpha value is -2.81. The third-order valence-electron chi connectivity index (χ3n) is 5.16. The third kappa shape index (κ3) is 4.79. The zero-order valence-corrected chi connectivity index (χ0v) is 17.0. The highest BCUT2D eigenvalue weighted by molar-refractivity contribution is 5.96. The van der Waals surface area contributed by atoms with Crippen LogP contribution in [0, 0.1) is 11.6 Å². The van der Waals surface area contributed by atoms with Crippen LogP contribution in [-0.4, -0.2) is 5.78 Å². The van der Waals surface area contributed by atoms with Gasteiger partial charge in [0.2, 0.25) is 0 Å². The van der Waals surface area contributed by atoms with Crippen LogP contribution in [0.15, 0.2) is 60.7 Å². The Labute approximate surface area is 171 Å². The summed E-state index contributed by atoms with van der Waals surface area (Å²) in [6.07, 6.45) is 3.91. The number of aryl methyl sites for hydroxylation is 1. The third-order valence-corrected chi connectivity index (χ3v) is 5.16. The Morgan fingerprint density at radius 3 is 1.90 bits per heavy atom. The second-order valence-corrected chi connectivity index (χ2v) is 7.34. The van der Waals surface area contributed by atoms with E-state index in [0.717, 1.165) is 30.4 Å². The van der Waals surface area contributed by atoms with Gasteiger partial charge in [0.15, 0.2) is 17.4 Å². The molecule has 0 heterocycles. The summed E-state index contributed by atoms with van der Waals surface area (Å²) in [4.78, 5) is 12.1. The number of carbonyl (C=O) groups is 1. The molecule has 0 radical (unpaired) electrons. The molecule has 3 rings (SSSR count). The van der Waals surface area contributed by atoms with Gasteiger partial charge in [-0.3, -0.25) is 4.79 Å². The summed E-state index contributed by atoms with van der Waals surface area (Å²) in [6.45, 7) is 4.11. The van der Waals surface area contributed by atoms with E-state index in [-0.39, 0.29) is 23.3 Å². The SMILES string of the molecule is CCCCC(=O)c1ccc(-c2ccc(-c3ccc(CCC)cc3)cc2)c(F)c1F. The van der Waals surface area contributed by atoms with Crippen molar-refractivity contribution in [3.05, 3.63) is 83.4 Å². The van der Waals surface area contributed by atoms with Gasteiger partial charge in [0.25, 0.3) is 0 Å². The smallest absolute Gasteiger partial charge is 0.170 e. The number of carbonyl (C=O) groups excluding carboxylic acids is 1. The molecule has 150 valence electrons. The lowest BCUT2D eigenvalue weighted by Gasteiger charge is -2.10. The lowest BCUT2D eigenvalue weighted by molar-refractivity contribution is 0.0975. The average Bonchev–Trinajstić information content (AvgIpc) is 2.75. The van der Waals surface area contributed by atoms with Crippen molar-refractivity contribution >= 4 is 5.78 Å². The fourth-order valence-corrected chi connectivity index (χ4v) is 3.45. The van der Waals surface area contributed by atoms with Crippen molar-refractivity contribution in [3.63, 3.8) is 0 Å². The van der Waals surface area contributed by atoms with E-state index in [0.29, 0.717) is 12.0 Å². The van der Waals surface area contributed by atoms with Gasteiger partial charge >= 0.3 is 0 Å². The summed E-state index contributed by atoms with van der Waals surface area (Å²) >= 11 is 0. The second kappa shape index (κ2) is 9.60. The number of Topliss-reactive ketones (excluding diaryl/α,β-unsaturated/α-hetero) is 1. The first kappa shape index (κ1) is 20.9. The van der Waals surface area contributed by atoms with E-state index in [1.807, 2.05) is 19.1 Å². The maximum Gasteiger partial charge on any atom is 0.170 e. The van der Waals surface area contributed by atoms with Crippen LogP contribution in [0.3, 0.4) is 0 Å². The van der Waals surface area contributed by atoms with Gasteiger partial charge in [-0.05, 0) is 41.2 Å². The number of ketones is 1. The van der Waals surface area contributed by atoms with Crippen LogP contribution in [0.5, 0.6) is 0 Å². The van der Waals surface area contributed by atoms with Gasteiger partial charge in [-0.1, -0.05) is 81.3 Å². The van der Waals surface area contributed by atoms with Crippen LogP contribution >= 0.6 is 0 Å². The highest BCUT2D eigenvalue weighted by Gasteiger charge is 2.19. The van der Waals surface area contributed by atoms with E-state index in [1.165, 1.54) is 17.7 Å². The van der Waals surface area contributed by atoms with Crippen molar-refractivity contribution < 1.29 is 13.6 Å². The predicted molar refractivity (Wildman–Crippen MR) is 115 cm³/mol. The Morgan fingerprint density at radius 1 is 0.724 bits per heavy atom. The van der Waals surface area contributed by atoms with E-state index in [1.54, 1.807) is 12.1 Å². The maximum atomic E-state index is 14.6. The second-order valence-electron chi connectivity index (χ2n) is 7.34. The summed E-state index contributed by atoms with van der Waals surface area (Å²) in [5.74, 6) is -2.38. The molecule has 0 atom stereocenters. The molecule has 3 aromatic rings. The molecule has 1 nitrogen and oxygen atoms in total. The van der Waals surface area contributed by atoms with Crippen molar-refractivity contribution in [2.75, 3.05) is 0 Å². The van der Waals surface area contributed by atoms with Gasteiger partial charge in [0.05, 0.1) is 5.56 Å². The Balaban J connectivity index is 1.84. The van der Waals surface area contributed by atoms with E-state index < -0.39 is 11.6 Å². The fourth-order valence-electron chi connectivity index (χ4n) is 3.45. The zero-order chi connectivity index (χ0) is 20.8. The molecule has 29 heavy (non-hydrogen) atoms. The first-order chi connectivity index (χ1) is 14.0. The topological polar surface area (TPSA) is 17.1 Å². The molecule has 0 fully saturated rings. The van der Waals surface area contributed by atoms with Crippen molar-refractivity contribution in [2.45, 2.75) is 46.0 Å². The summed E-state index contributed by atoms with van der Waals surface area (Å²) in [5, 5.41) is 0. The van der Waals surface area contributed by atoms with Gasteiger partial charge in [-0.2, -0.15) is 0 Å². The predicted octanol–water partition coefficient (Wildman–Crippen LogP) is 7.62. The molecule has 0 N–H and O–H groups in total. The molecule has 0 aliphatic carbocycles. The van der Waals surface area contributed by atoms with Crippen molar-refractivity contribution in [1.82, 2.24) is 0 Å². The lowest BCUT2D eigenvalue weighted by atomic mass is 9.96. The van der Waals surface area contributed by atoms with E-state index in [4.69, 9.17) is 0 Å². The van der Waals surface area contributed by atoms with Gasteiger partial charge in [0, 0.05) is 12.0 Å². The van der Waals surface area contributed by atoms with Gasteiger partial charge in [-0.15, -0.1) is 0 Å². The normalized spacial score (nSPS) is 10.9. The molecule has 0 aliphatic heterocycles. The minimum absolute atomic E-state index is 0.163. The minimum Gasteiger partial charge on any atom is -0.294 e. The molecule has 0 aromatic heterocycles. The summed E-state index contributed by atoms with van der Waals surface area (Å²) < 4.78 is 29.1. The molecule has 0 aliphatic rings. The Kier molecular flexibility index (Phi) is 6.92. The Bertz CT molecular complexity index is 973. The lowest BCUT2D eigenvalue weighted by Crippen LogP contribution is -2.05. The maximum absolute atomic E-state index is 14.6. The molecule has 0 bridgehead atoms. The van der Waals surface area contributed by atoms with Gasteiger partial charge < -0.3 is 0 Å². The van der Waals surface area contributed by atoms with Crippen LogP contribution in [0.2, 0.25) is 0 Å². The van der Waals surface area contributed by atoms with Crippen LogP contribution in [0.25, 0.3) is 22.3 Å². The van der Waals surface area contributed by atoms with Crippen LogP contribution < -0.4 is 0 Å². The average molecular weight is 392 g/mol. The van der Waals surface area contributed by atoms with Gasteiger partial charge in [-0.25, -0.2) is 8.78 Å². The number of rotatable bonds is 8. The standard InChI is InChI=1S/C26H26F2O/c1-3-5-7-24(29)23-17-16-22(25(27)26(23)28)21-14-12-20(13-15-21)19-10-8-18(6-4-2)9-11-19/h8-17H,3-7H2,1-2H3. The monoisotopic (exact) mass is 392 g/mol. The van der Waals surface area contributed by atoms with Crippen molar-refractivity contribution in [3.8, 4) is 22.3 Å². The van der Waals surface area contributed by atoms with Crippen LogP contribution in [0.4, 0.5) is 8.78 Å². The fraction of sp³-hybridized carbons (Fsp3) is 0.269. The number of halogens is 2. The number of hydrogen-bond donors (Lipinski definition) is 0. The first-order valence-corrected chi connectivity index (χ1v) is 10.3. The highest BCUT2D eigenvalue weighted by atomic mass is 19.2. The van der Waals surface area contributed by atoms with Crippen molar-refractivity contribution in [1.29, 1.82) is 0 Å². The highest BCUT2D eigenvalue weighted by Crippen LogP contribution is 2.29. The van der Waals surface area contributed by atoms with Gasteiger partial charge in [0.1, 0.15) is 0 Å². The number of hydrogen-bond acceptors (Lipinski definition) is 1. The summed E-state index contributed by atoms with van der Waals surface area (Å²) in [6, 6.07) is 18.7. The van der Waals surface area contributed by atoms with E-state index in [9.17, 15) is 13.6 Å². The largest absolute Gasteiger partial charge is 0.294 e. The zero-order valence-electron chi connectivity index (χ0n) is 17.0. The molecular formula is C26H26F2O. The molecule has 0 spiro atoms. The quantitative estimate of drug-likeness (QED) is 0.360. The van der Waals surface area contributed by atoms with E-state index >= 15 is 0 Å². The van der Waals surface area contributed by atoms with E-state index in [2.05, 4.69) is 31.2 Å². The molecule has 0 saturated carbocycles. The number of unbranched alkanes of at least 4 members (excludes halogenated alkanes) is 1. The summed E-state index contributed by atoms with van der Waals surface area (Å²) in [7, 11) is 0. The summed E-state index contributed by atoms with van der Waals surface area (Å²) in [5.41, 5.74) is 3.99. The molecular weight excluding hydrogens is 366 g/mol. The Morgan fingerprint density at radius 2 is 1.31 bits per heavy atom. The molecule has 0 saturated heterocycles. The van der Waals surface area contributed by atoms with Crippen LogP contribution in [-0.2, 0) is 6.42 Å². The van der Waals surface area contributed by atoms with Crippen LogP contribution in [0.1, 0.15) is 55.5 Å².